The summed E-state index contributed by atoms with van der Waals surface area (Å²) in [7, 11) is 0. The van der Waals surface area contributed by atoms with Crippen LogP contribution in [-0.2, 0) is 4.79 Å². The van der Waals surface area contributed by atoms with E-state index >= 15 is 0 Å². The van der Waals surface area contributed by atoms with Gasteiger partial charge in [0.2, 0.25) is 0 Å². The van der Waals surface area contributed by atoms with Gasteiger partial charge >= 0.3 is 5.97 Å². The average molecular weight is 262 g/mol. The van der Waals surface area contributed by atoms with E-state index in [1.807, 2.05) is 0 Å². The Balaban J connectivity index is 2.41. The molecule has 0 spiro atoms. The summed E-state index contributed by atoms with van der Waals surface area (Å²) in [6, 6.07) is 6.36. The zero-order chi connectivity index (χ0) is 13.8. The van der Waals surface area contributed by atoms with Crippen LogP contribution in [0.1, 0.15) is 36.0 Å². The number of para-hydroxylation sites is 1. The van der Waals surface area contributed by atoms with Gasteiger partial charge in [-0.25, -0.2) is 4.79 Å². The number of primary amides is 1. The van der Waals surface area contributed by atoms with Crippen molar-refractivity contribution >= 4 is 17.6 Å². The largest absolute Gasteiger partial charge is 0.480 e. The van der Waals surface area contributed by atoms with Gasteiger partial charge in [0.25, 0.3) is 5.91 Å². The molecule has 1 aliphatic heterocycles. The summed E-state index contributed by atoms with van der Waals surface area (Å²) in [5, 5.41) is 9.37. The van der Waals surface area contributed by atoms with Crippen LogP contribution in [0, 0.1) is 0 Å². The molecule has 1 aromatic carbocycles. The number of hydrogen-bond acceptors (Lipinski definition) is 3. The molecule has 1 amide bonds. The van der Waals surface area contributed by atoms with E-state index < -0.39 is 17.9 Å². The first-order valence-electron chi connectivity index (χ1n) is 6.49. The zero-order valence-corrected chi connectivity index (χ0v) is 10.7. The van der Waals surface area contributed by atoms with Crippen LogP contribution in [0.4, 0.5) is 5.69 Å². The Kier molecular flexibility index (Phi) is 4.04. The smallest absolute Gasteiger partial charge is 0.326 e. The van der Waals surface area contributed by atoms with Gasteiger partial charge in [-0.15, -0.1) is 0 Å². The van der Waals surface area contributed by atoms with Gasteiger partial charge in [0.05, 0.1) is 11.3 Å². The zero-order valence-electron chi connectivity index (χ0n) is 10.7. The molecule has 19 heavy (non-hydrogen) atoms. The highest BCUT2D eigenvalue weighted by Gasteiger charge is 2.29. The molecule has 1 unspecified atom stereocenters. The van der Waals surface area contributed by atoms with Gasteiger partial charge in [-0.2, -0.15) is 0 Å². The van der Waals surface area contributed by atoms with Crippen LogP contribution in [0.5, 0.6) is 0 Å². The van der Waals surface area contributed by atoms with E-state index in [4.69, 9.17) is 5.73 Å². The summed E-state index contributed by atoms with van der Waals surface area (Å²) >= 11 is 0. The third-order valence-electron chi connectivity index (χ3n) is 3.52. The number of nitrogens with zero attached hydrogens (tertiary/aromatic N) is 1. The van der Waals surface area contributed by atoms with Crippen molar-refractivity contribution in [2.75, 3.05) is 11.4 Å². The van der Waals surface area contributed by atoms with Crippen LogP contribution in [0.2, 0.25) is 0 Å². The first kappa shape index (κ1) is 13.4. The molecular formula is C14H18N2O3. The molecule has 1 aliphatic rings. The second kappa shape index (κ2) is 5.73. The normalized spacial score (nSPS) is 19.8. The Morgan fingerprint density at radius 2 is 1.95 bits per heavy atom. The summed E-state index contributed by atoms with van der Waals surface area (Å²) < 4.78 is 0. The number of carboxylic acids is 1. The van der Waals surface area contributed by atoms with Crippen LogP contribution < -0.4 is 10.6 Å². The van der Waals surface area contributed by atoms with E-state index in [-0.39, 0.29) is 0 Å². The molecule has 1 saturated heterocycles. The predicted molar refractivity (Wildman–Crippen MR) is 72.2 cm³/mol. The monoisotopic (exact) mass is 262 g/mol. The van der Waals surface area contributed by atoms with Gasteiger partial charge in [-0.05, 0) is 25.0 Å². The van der Waals surface area contributed by atoms with Gasteiger partial charge in [0.15, 0.2) is 0 Å². The molecule has 2 rings (SSSR count). The van der Waals surface area contributed by atoms with Gasteiger partial charge in [-0.1, -0.05) is 25.0 Å². The molecule has 0 aromatic heterocycles. The molecule has 1 aromatic rings. The van der Waals surface area contributed by atoms with Crippen LogP contribution in [0.25, 0.3) is 0 Å². The van der Waals surface area contributed by atoms with Gasteiger partial charge in [-0.3, -0.25) is 4.79 Å². The van der Waals surface area contributed by atoms with E-state index in [0.717, 1.165) is 19.3 Å². The Morgan fingerprint density at radius 1 is 1.21 bits per heavy atom. The van der Waals surface area contributed by atoms with Crippen molar-refractivity contribution in [2.45, 2.75) is 31.7 Å². The van der Waals surface area contributed by atoms with E-state index in [1.165, 1.54) is 0 Å². The number of aliphatic carboxylic acids is 1. The summed E-state index contributed by atoms with van der Waals surface area (Å²) in [5.74, 6) is -1.37. The van der Waals surface area contributed by atoms with Crippen LogP contribution in [-0.4, -0.2) is 29.6 Å². The van der Waals surface area contributed by atoms with Crippen molar-refractivity contribution in [3.8, 4) is 0 Å². The van der Waals surface area contributed by atoms with Crippen molar-refractivity contribution in [2.24, 2.45) is 5.73 Å². The molecule has 1 heterocycles. The molecule has 0 saturated carbocycles. The van der Waals surface area contributed by atoms with Crippen molar-refractivity contribution in [3.63, 3.8) is 0 Å². The molecule has 3 N–H and O–H groups in total. The molecular weight excluding hydrogens is 244 g/mol. The molecule has 102 valence electrons. The molecule has 1 atom stereocenters. The second-order valence-electron chi connectivity index (χ2n) is 4.78. The molecule has 0 bridgehead atoms. The third kappa shape index (κ3) is 2.86. The lowest BCUT2D eigenvalue weighted by Gasteiger charge is -2.30. The predicted octanol–water partition coefficient (Wildman–Crippen LogP) is 1.62. The number of anilines is 1. The Hall–Kier alpha value is -2.04. The van der Waals surface area contributed by atoms with Crippen molar-refractivity contribution in [1.29, 1.82) is 0 Å². The standard InChI is InChI=1S/C14H18N2O3/c15-13(17)10-6-3-4-7-11(10)16-9-5-1-2-8-12(16)14(18)19/h3-4,6-7,12H,1-2,5,8-9H2,(H2,15,17)(H,18,19). The Morgan fingerprint density at radius 3 is 2.63 bits per heavy atom. The quantitative estimate of drug-likeness (QED) is 0.867. The lowest BCUT2D eigenvalue weighted by molar-refractivity contribution is -0.138. The third-order valence-corrected chi connectivity index (χ3v) is 3.52. The summed E-state index contributed by atoms with van der Waals surface area (Å²) in [4.78, 5) is 24.7. The van der Waals surface area contributed by atoms with Crippen molar-refractivity contribution < 1.29 is 14.7 Å². The summed E-state index contributed by atoms with van der Waals surface area (Å²) in [6.45, 7) is 0.640. The number of carboxylic acid groups (broad SMARTS) is 1. The minimum Gasteiger partial charge on any atom is -0.480 e. The lowest BCUT2D eigenvalue weighted by atomic mass is 10.1. The fourth-order valence-corrected chi connectivity index (χ4v) is 2.59. The molecule has 0 aliphatic carbocycles. The maximum Gasteiger partial charge on any atom is 0.326 e. The highest BCUT2D eigenvalue weighted by atomic mass is 16.4. The van der Waals surface area contributed by atoms with Crippen molar-refractivity contribution in [1.82, 2.24) is 0 Å². The first-order valence-corrected chi connectivity index (χ1v) is 6.49. The highest BCUT2D eigenvalue weighted by Crippen LogP contribution is 2.27. The minimum atomic E-state index is -0.846. The van der Waals surface area contributed by atoms with Crippen LogP contribution in [0.3, 0.4) is 0 Å². The number of hydrogen-bond donors (Lipinski definition) is 2. The maximum absolute atomic E-state index is 11.5. The molecule has 1 fully saturated rings. The number of nitrogens with two attached hydrogens (primary N) is 1. The lowest BCUT2D eigenvalue weighted by Crippen LogP contribution is -2.41. The number of carbonyl (C=O) groups excluding carboxylic acids is 1. The minimum absolute atomic E-state index is 0.385. The maximum atomic E-state index is 11.5. The molecule has 0 radical (unpaired) electrons. The fraction of sp³-hybridized carbons (Fsp3) is 0.429. The van der Waals surface area contributed by atoms with Gasteiger partial charge < -0.3 is 15.7 Å². The highest BCUT2D eigenvalue weighted by molar-refractivity contribution is 5.99. The van der Waals surface area contributed by atoms with Crippen molar-refractivity contribution in [3.05, 3.63) is 29.8 Å². The number of carbonyl (C=O) groups is 2. The second-order valence-corrected chi connectivity index (χ2v) is 4.78. The van der Waals surface area contributed by atoms with E-state index in [9.17, 15) is 14.7 Å². The topological polar surface area (TPSA) is 83.6 Å². The van der Waals surface area contributed by atoms with E-state index in [0.29, 0.717) is 24.2 Å². The average Bonchev–Trinajstić information content (AvgIpc) is 2.64. The number of amides is 1. The van der Waals surface area contributed by atoms with Gasteiger partial charge in [0, 0.05) is 6.54 Å². The van der Waals surface area contributed by atoms with Crippen LogP contribution in [0.15, 0.2) is 24.3 Å². The Bertz CT molecular complexity index is 487. The molecule has 5 heteroatoms. The first-order chi connectivity index (χ1) is 9.11. The van der Waals surface area contributed by atoms with E-state index in [2.05, 4.69) is 0 Å². The SMILES string of the molecule is NC(=O)c1ccccc1N1CCCCCC1C(=O)O. The number of benzene rings is 1. The summed E-state index contributed by atoms with van der Waals surface area (Å²) in [5.41, 5.74) is 6.38. The van der Waals surface area contributed by atoms with Gasteiger partial charge in [0.1, 0.15) is 6.04 Å². The Labute approximate surface area is 112 Å². The number of rotatable bonds is 3. The van der Waals surface area contributed by atoms with E-state index in [1.54, 1.807) is 29.2 Å². The fourth-order valence-electron chi connectivity index (χ4n) is 2.59. The summed E-state index contributed by atoms with van der Waals surface area (Å²) in [6.07, 6.45) is 3.44. The molecule has 5 nitrogen and oxygen atoms in total. The van der Waals surface area contributed by atoms with Crippen LogP contribution >= 0.6 is 0 Å².